The largest absolute Gasteiger partial charge is 0.446 e. The average Bonchev–Trinajstić information content (AvgIpc) is 2.69. The molecule has 3 heteroatoms. The monoisotopic (exact) mass is 210 g/mol. The summed E-state index contributed by atoms with van der Waals surface area (Å²) >= 11 is 0. The highest BCUT2D eigenvalue weighted by Crippen LogP contribution is 2.07. The van der Waals surface area contributed by atoms with Gasteiger partial charge >= 0.3 is 0 Å². The first-order valence-electron chi connectivity index (χ1n) is 6.01. The summed E-state index contributed by atoms with van der Waals surface area (Å²) in [5, 5.41) is 3.34. The van der Waals surface area contributed by atoms with Crippen molar-refractivity contribution in [3.8, 4) is 0 Å². The van der Waals surface area contributed by atoms with Gasteiger partial charge in [-0.1, -0.05) is 20.3 Å². The van der Waals surface area contributed by atoms with Crippen LogP contribution in [-0.2, 0) is 12.8 Å². The SMILES string of the molecule is CCCCc1cnc(CCNCCC)o1. The van der Waals surface area contributed by atoms with Crippen molar-refractivity contribution < 1.29 is 4.42 Å². The van der Waals surface area contributed by atoms with Crippen LogP contribution in [-0.4, -0.2) is 18.1 Å². The Kier molecular flexibility index (Phi) is 6.09. The zero-order valence-electron chi connectivity index (χ0n) is 9.88. The van der Waals surface area contributed by atoms with E-state index in [2.05, 4.69) is 24.1 Å². The van der Waals surface area contributed by atoms with Crippen LogP contribution in [0.15, 0.2) is 10.6 Å². The van der Waals surface area contributed by atoms with Gasteiger partial charge in [-0.05, 0) is 19.4 Å². The highest BCUT2D eigenvalue weighted by atomic mass is 16.4. The Labute approximate surface area is 92.3 Å². The van der Waals surface area contributed by atoms with Gasteiger partial charge in [0.1, 0.15) is 5.76 Å². The van der Waals surface area contributed by atoms with Crippen molar-refractivity contribution in [3.63, 3.8) is 0 Å². The third kappa shape index (κ3) is 4.98. The minimum Gasteiger partial charge on any atom is -0.446 e. The molecular weight excluding hydrogens is 188 g/mol. The van der Waals surface area contributed by atoms with Crippen LogP contribution in [0.4, 0.5) is 0 Å². The van der Waals surface area contributed by atoms with E-state index in [1.807, 2.05) is 6.20 Å². The van der Waals surface area contributed by atoms with Gasteiger partial charge in [-0.25, -0.2) is 4.98 Å². The van der Waals surface area contributed by atoms with Crippen LogP contribution in [0.3, 0.4) is 0 Å². The minimum atomic E-state index is 0.865. The lowest BCUT2D eigenvalue weighted by molar-refractivity contribution is 0.443. The summed E-state index contributed by atoms with van der Waals surface area (Å²) in [6.45, 7) is 6.39. The van der Waals surface area contributed by atoms with E-state index in [1.165, 1.54) is 19.3 Å². The summed E-state index contributed by atoms with van der Waals surface area (Å²) in [6, 6.07) is 0. The maximum atomic E-state index is 5.61. The van der Waals surface area contributed by atoms with E-state index in [4.69, 9.17) is 4.42 Å². The molecule has 0 aliphatic carbocycles. The Morgan fingerprint density at radius 1 is 1.20 bits per heavy atom. The number of oxazole rings is 1. The Hall–Kier alpha value is -0.830. The van der Waals surface area contributed by atoms with Crippen LogP contribution < -0.4 is 5.32 Å². The standard InChI is InChI=1S/C12H22N2O/c1-3-5-6-11-10-14-12(15-11)7-9-13-8-4-2/h10,13H,3-9H2,1-2H3. The maximum absolute atomic E-state index is 5.61. The van der Waals surface area contributed by atoms with E-state index >= 15 is 0 Å². The fraction of sp³-hybridized carbons (Fsp3) is 0.750. The molecule has 0 radical (unpaired) electrons. The molecular formula is C12H22N2O. The Morgan fingerprint density at radius 2 is 2.07 bits per heavy atom. The minimum absolute atomic E-state index is 0.865. The van der Waals surface area contributed by atoms with E-state index in [0.717, 1.165) is 37.6 Å². The Morgan fingerprint density at radius 3 is 2.80 bits per heavy atom. The number of nitrogens with zero attached hydrogens (tertiary/aromatic N) is 1. The lowest BCUT2D eigenvalue weighted by Gasteiger charge is -1.99. The van der Waals surface area contributed by atoms with Gasteiger partial charge in [-0.15, -0.1) is 0 Å². The number of unbranched alkanes of at least 4 members (excludes halogenated alkanes) is 1. The number of aryl methyl sites for hydroxylation is 1. The van der Waals surface area contributed by atoms with Crippen LogP contribution >= 0.6 is 0 Å². The van der Waals surface area contributed by atoms with Crippen LogP contribution in [0.1, 0.15) is 44.8 Å². The van der Waals surface area contributed by atoms with Crippen molar-refractivity contribution in [2.45, 2.75) is 46.0 Å². The quantitative estimate of drug-likeness (QED) is 0.670. The summed E-state index contributed by atoms with van der Waals surface area (Å²) in [4.78, 5) is 4.26. The van der Waals surface area contributed by atoms with Crippen molar-refractivity contribution in [1.29, 1.82) is 0 Å². The zero-order valence-corrected chi connectivity index (χ0v) is 9.88. The summed E-state index contributed by atoms with van der Waals surface area (Å²) in [5.41, 5.74) is 0. The van der Waals surface area contributed by atoms with Gasteiger partial charge in [0.2, 0.25) is 0 Å². The van der Waals surface area contributed by atoms with Crippen molar-refractivity contribution in [2.75, 3.05) is 13.1 Å². The summed E-state index contributed by atoms with van der Waals surface area (Å²) < 4.78 is 5.61. The second-order valence-corrected chi connectivity index (χ2v) is 3.82. The van der Waals surface area contributed by atoms with Gasteiger partial charge in [0.25, 0.3) is 0 Å². The lowest BCUT2D eigenvalue weighted by Crippen LogP contribution is -2.17. The van der Waals surface area contributed by atoms with E-state index in [-0.39, 0.29) is 0 Å². The molecule has 0 spiro atoms. The van der Waals surface area contributed by atoms with Gasteiger partial charge in [-0.2, -0.15) is 0 Å². The van der Waals surface area contributed by atoms with Crippen LogP contribution in [0.5, 0.6) is 0 Å². The number of hydrogen-bond donors (Lipinski definition) is 1. The first-order chi connectivity index (χ1) is 7.36. The maximum Gasteiger partial charge on any atom is 0.195 e. The van der Waals surface area contributed by atoms with Crippen LogP contribution in [0.25, 0.3) is 0 Å². The molecule has 0 fully saturated rings. The fourth-order valence-corrected chi connectivity index (χ4v) is 1.43. The van der Waals surface area contributed by atoms with Gasteiger partial charge in [-0.3, -0.25) is 0 Å². The molecule has 0 atom stereocenters. The molecule has 0 aromatic carbocycles. The van der Waals surface area contributed by atoms with Crippen molar-refractivity contribution in [1.82, 2.24) is 10.3 Å². The highest BCUT2D eigenvalue weighted by molar-refractivity contribution is 4.94. The average molecular weight is 210 g/mol. The zero-order chi connectivity index (χ0) is 10.9. The number of hydrogen-bond acceptors (Lipinski definition) is 3. The third-order valence-corrected chi connectivity index (χ3v) is 2.32. The highest BCUT2D eigenvalue weighted by Gasteiger charge is 2.02. The van der Waals surface area contributed by atoms with Gasteiger partial charge in [0, 0.05) is 19.4 Å². The molecule has 0 unspecified atom stereocenters. The first kappa shape index (κ1) is 12.2. The van der Waals surface area contributed by atoms with Gasteiger partial charge in [0.05, 0.1) is 6.20 Å². The molecule has 86 valence electrons. The molecule has 15 heavy (non-hydrogen) atoms. The third-order valence-electron chi connectivity index (χ3n) is 2.32. The second-order valence-electron chi connectivity index (χ2n) is 3.82. The van der Waals surface area contributed by atoms with E-state index in [0.29, 0.717) is 0 Å². The summed E-state index contributed by atoms with van der Waals surface area (Å²) in [7, 11) is 0. The Bertz CT molecular complexity index is 258. The molecule has 1 N–H and O–H groups in total. The molecule has 0 bridgehead atoms. The summed E-state index contributed by atoms with van der Waals surface area (Å²) in [6.07, 6.45) is 7.34. The molecule has 3 nitrogen and oxygen atoms in total. The van der Waals surface area contributed by atoms with E-state index < -0.39 is 0 Å². The van der Waals surface area contributed by atoms with Gasteiger partial charge < -0.3 is 9.73 Å². The number of nitrogens with one attached hydrogen (secondary N) is 1. The first-order valence-corrected chi connectivity index (χ1v) is 6.01. The predicted molar refractivity (Wildman–Crippen MR) is 62.0 cm³/mol. The Balaban J connectivity index is 2.20. The normalized spacial score (nSPS) is 10.8. The smallest absolute Gasteiger partial charge is 0.195 e. The molecule has 0 saturated heterocycles. The molecule has 1 aromatic heterocycles. The molecule has 0 aliphatic heterocycles. The predicted octanol–water partition coefficient (Wildman–Crippen LogP) is 2.56. The number of rotatable bonds is 8. The van der Waals surface area contributed by atoms with E-state index in [1.54, 1.807) is 0 Å². The van der Waals surface area contributed by atoms with Gasteiger partial charge in [0.15, 0.2) is 5.89 Å². The lowest BCUT2D eigenvalue weighted by atomic mass is 10.2. The van der Waals surface area contributed by atoms with Crippen LogP contribution in [0.2, 0.25) is 0 Å². The van der Waals surface area contributed by atoms with Crippen molar-refractivity contribution in [3.05, 3.63) is 17.8 Å². The topological polar surface area (TPSA) is 38.1 Å². The molecule has 1 rings (SSSR count). The van der Waals surface area contributed by atoms with E-state index in [9.17, 15) is 0 Å². The molecule has 1 aromatic rings. The second kappa shape index (κ2) is 7.46. The fourth-order valence-electron chi connectivity index (χ4n) is 1.43. The van der Waals surface area contributed by atoms with Crippen molar-refractivity contribution >= 4 is 0 Å². The number of aromatic nitrogens is 1. The molecule has 0 aliphatic rings. The summed E-state index contributed by atoms with van der Waals surface area (Å²) in [5.74, 6) is 1.90. The molecule has 1 heterocycles. The molecule has 0 saturated carbocycles. The molecule has 0 amide bonds. The van der Waals surface area contributed by atoms with Crippen LogP contribution in [0, 0.1) is 0 Å². The van der Waals surface area contributed by atoms with Crippen molar-refractivity contribution in [2.24, 2.45) is 0 Å².